The van der Waals surface area contributed by atoms with Gasteiger partial charge in [-0.05, 0) is 67.0 Å². The highest BCUT2D eigenvalue weighted by Gasteiger charge is 2.33. The van der Waals surface area contributed by atoms with Gasteiger partial charge in [0.1, 0.15) is 17.7 Å². The summed E-state index contributed by atoms with van der Waals surface area (Å²) in [7, 11) is 0. The van der Waals surface area contributed by atoms with Crippen molar-refractivity contribution in [3.05, 3.63) is 59.4 Å². The van der Waals surface area contributed by atoms with Gasteiger partial charge in [-0.15, -0.1) is 11.6 Å². The molecule has 2 amide bonds. The van der Waals surface area contributed by atoms with Crippen LogP contribution in [0.2, 0.25) is 0 Å². The van der Waals surface area contributed by atoms with E-state index in [0.717, 1.165) is 31.2 Å². The number of benzene rings is 2. The minimum atomic E-state index is -0.943. The number of carbonyl (C=O) groups excluding carboxylic acids is 2. The number of fused-ring (bicyclic) bond motifs is 1. The zero-order valence-corrected chi connectivity index (χ0v) is 19.3. The first-order chi connectivity index (χ1) is 15.9. The molecule has 0 unspecified atom stereocenters. The molecule has 1 saturated carbocycles. The summed E-state index contributed by atoms with van der Waals surface area (Å²) in [4.78, 5) is 27.9. The SMILES string of the molecule is CC1CCC(NC(=O)[C@@H](c2ccc(F)cc2)N(Cc2ccc3c(c2)OCO3)C(=O)CCl)CC1. The van der Waals surface area contributed by atoms with Crippen molar-refractivity contribution in [3.8, 4) is 11.5 Å². The molecule has 1 heterocycles. The maximum atomic E-state index is 13.6. The summed E-state index contributed by atoms with van der Waals surface area (Å²) < 4.78 is 24.4. The summed E-state index contributed by atoms with van der Waals surface area (Å²) in [6, 6.07) is 10.2. The van der Waals surface area contributed by atoms with Crippen LogP contribution in [0.1, 0.15) is 49.8 Å². The standard InChI is InChI=1S/C25H28ClFN2O4/c1-16-2-9-20(10-3-16)28-25(31)24(18-5-7-19(27)8-6-18)29(23(30)13-26)14-17-4-11-21-22(12-17)33-15-32-21/h4-8,11-12,16,20,24H,2-3,9-10,13-15H2,1H3,(H,28,31)/t16?,20?,24-/m1/s1. The largest absolute Gasteiger partial charge is 0.454 e. The summed E-state index contributed by atoms with van der Waals surface area (Å²) in [5, 5.41) is 3.13. The van der Waals surface area contributed by atoms with E-state index in [1.54, 1.807) is 12.1 Å². The van der Waals surface area contributed by atoms with Crippen molar-refractivity contribution >= 4 is 23.4 Å². The third-order valence-corrected chi connectivity index (χ3v) is 6.56. The van der Waals surface area contributed by atoms with Crippen LogP contribution in [0, 0.1) is 11.7 Å². The Labute approximate surface area is 198 Å². The average Bonchev–Trinajstić information content (AvgIpc) is 3.29. The molecule has 6 nitrogen and oxygen atoms in total. The Hall–Kier alpha value is -2.80. The zero-order chi connectivity index (χ0) is 23.4. The number of hydrogen-bond donors (Lipinski definition) is 1. The quantitative estimate of drug-likeness (QED) is 0.597. The number of halogens is 2. The Morgan fingerprint density at radius 1 is 1.09 bits per heavy atom. The Morgan fingerprint density at radius 2 is 1.79 bits per heavy atom. The zero-order valence-electron chi connectivity index (χ0n) is 18.6. The molecule has 176 valence electrons. The molecule has 4 rings (SSSR count). The molecule has 0 bridgehead atoms. The summed E-state index contributed by atoms with van der Waals surface area (Å²) in [6.07, 6.45) is 3.89. The van der Waals surface area contributed by atoms with Gasteiger partial charge in [-0.3, -0.25) is 9.59 Å². The van der Waals surface area contributed by atoms with Crippen LogP contribution in [0.4, 0.5) is 4.39 Å². The second-order valence-corrected chi connectivity index (χ2v) is 9.03. The highest BCUT2D eigenvalue weighted by molar-refractivity contribution is 6.27. The first kappa shape index (κ1) is 23.4. The number of amides is 2. The van der Waals surface area contributed by atoms with E-state index in [4.69, 9.17) is 21.1 Å². The van der Waals surface area contributed by atoms with Crippen molar-refractivity contribution in [2.75, 3.05) is 12.7 Å². The number of alkyl halides is 1. The predicted molar refractivity (Wildman–Crippen MR) is 123 cm³/mol. The Morgan fingerprint density at radius 3 is 2.48 bits per heavy atom. The van der Waals surface area contributed by atoms with E-state index in [-0.39, 0.29) is 31.2 Å². The highest BCUT2D eigenvalue weighted by atomic mass is 35.5. The molecular formula is C25H28ClFN2O4. The van der Waals surface area contributed by atoms with Gasteiger partial charge in [-0.2, -0.15) is 0 Å². The van der Waals surface area contributed by atoms with Crippen molar-refractivity contribution in [3.63, 3.8) is 0 Å². The molecule has 8 heteroatoms. The van der Waals surface area contributed by atoms with Crippen LogP contribution < -0.4 is 14.8 Å². The molecule has 1 atom stereocenters. The van der Waals surface area contributed by atoms with Gasteiger partial charge in [0.05, 0.1) is 0 Å². The molecule has 1 fully saturated rings. The van der Waals surface area contributed by atoms with E-state index in [1.165, 1.54) is 29.2 Å². The van der Waals surface area contributed by atoms with Crippen molar-refractivity contribution in [2.24, 2.45) is 5.92 Å². The Bertz CT molecular complexity index is 992. The van der Waals surface area contributed by atoms with Gasteiger partial charge in [0.15, 0.2) is 11.5 Å². The van der Waals surface area contributed by atoms with E-state index in [1.807, 2.05) is 6.07 Å². The van der Waals surface area contributed by atoms with Crippen molar-refractivity contribution in [1.82, 2.24) is 10.2 Å². The van der Waals surface area contributed by atoms with E-state index < -0.39 is 17.8 Å². The lowest BCUT2D eigenvalue weighted by Gasteiger charge is -2.34. The van der Waals surface area contributed by atoms with Gasteiger partial charge in [0.2, 0.25) is 18.6 Å². The number of ether oxygens (including phenoxy) is 2. The number of rotatable bonds is 7. The number of nitrogens with zero attached hydrogens (tertiary/aromatic N) is 1. The number of hydrogen-bond acceptors (Lipinski definition) is 4. The Kier molecular flexibility index (Phi) is 7.38. The van der Waals surface area contributed by atoms with Gasteiger partial charge in [0.25, 0.3) is 0 Å². The maximum Gasteiger partial charge on any atom is 0.247 e. The van der Waals surface area contributed by atoms with Crippen molar-refractivity contribution in [2.45, 2.75) is 51.2 Å². The smallest absolute Gasteiger partial charge is 0.247 e. The first-order valence-electron chi connectivity index (χ1n) is 11.2. The third kappa shape index (κ3) is 5.58. The molecule has 1 aliphatic carbocycles. The van der Waals surface area contributed by atoms with Crippen LogP contribution in [0.3, 0.4) is 0 Å². The van der Waals surface area contributed by atoms with Crippen molar-refractivity contribution < 1.29 is 23.5 Å². The van der Waals surface area contributed by atoms with Crippen LogP contribution in [0.25, 0.3) is 0 Å². The molecule has 1 aliphatic heterocycles. The second kappa shape index (κ2) is 10.4. The van der Waals surface area contributed by atoms with Crippen molar-refractivity contribution in [1.29, 1.82) is 0 Å². The highest BCUT2D eigenvalue weighted by Crippen LogP contribution is 2.34. The fourth-order valence-corrected chi connectivity index (χ4v) is 4.59. The third-order valence-electron chi connectivity index (χ3n) is 6.33. The Balaban J connectivity index is 1.63. The average molecular weight is 475 g/mol. The maximum absolute atomic E-state index is 13.6. The molecule has 33 heavy (non-hydrogen) atoms. The number of nitrogens with one attached hydrogen (secondary N) is 1. The molecule has 2 aliphatic rings. The van der Waals surface area contributed by atoms with E-state index in [0.29, 0.717) is 23.0 Å². The van der Waals surface area contributed by atoms with Crippen LogP contribution in [-0.4, -0.2) is 35.4 Å². The van der Waals surface area contributed by atoms with Gasteiger partial charge >= 0.3 is 0 Å². The van der Waals surface area contributed by atoms with E-state index in [2.05, 4.69) is 12.2 Å². The summed E-state index contributed by atoms with van der Waals surface area (Å²) >= 11 is 5.95. The van der Waals surface area contributed by atoms with Crippen LogP contribution >= 0.6 is 11.6 Å². The molecule has 0 saturated heterocycles. The second-order valence-electron chi connectivity index (χ2n) is 8.76. The van der Waals surface area contributed by atoms with E-state index >= 15 is 0 Å². The van der Waals surface area contributed by atoms with Crippen LogP contribution in [0.5, 0.6) is 11.5 Å². The predicted octanol–water partition coefficient (Wildman–Crippen LogP) is 4.56. The fourth-order valence-electron chi connectivity index (χ4n) is 4.44. The van der Waals surface area contributed by atoms with E-state index in [9.17, 15) is 14.0 Å². The topological polar surface area (TPSA) is 67.9 Å². The minimum absolute atomic E-state index is 0.0511. The molecule has 0 radical (unpaired) electrons. The number of carbonyl (C=O) groups is 2. The molecular weight excluding hydrogens is 447 g/mol. The van der Waals surface area contributed by atoms with Gasteiger partial charge in [-0.1, -0.05) is 25.1 Å². The molecule has 1 N–H and O–H groups in total. The molecule has 0 spiro atoms. The lowest BCUT2D eigenvalue weighted by molar-refractivity contribution is -0.140. The molecule has 2 aromatic carbocycles. The summed E-state index contributed by atoms with van der Waals surface area (Å²) in [5.41, 5.74) is 1.29. The summed E-state index contributed by atoms with van der Waals surface area (Å²) in [5.74, 6) is 0.488. The van der Waals surface area contributed by atoms with Crippen LogP contribution in [-0.2, 0) is 16.1 Å². The van der Waals surface area contributed by atoms with Crippen LogP contribution in [0.15, 0.2) is 42.5 Å². The molecule has 2 aromatic rings. The molecule has 0 aromatic heterocycles. The van der Waals surface area contributed by atoms with Gasteiger partial charge < -0.3 is 19.7 Å². The summed E-state index contributed by atoms with van der Waals surface area (Å²) in [6.45, 7) is 2.49. The van der Waals surface area contributed by atoms with Gasteiger partial charge in [0, 0.05) is 12.6 Å². The van der Waals surface area contributed by atoms with Gasteiger partial charge in [-0.25, -0.2) is 4.39 Å². The monoisotopic (exact) mass is 474 g/mol. The minimum Gasteiger partial charge on any atom is -0.454 e. The first-order valence-corrected chi connectivity index (χ1v) is 11.8. The normalized spacial score (nSPS) is 20.2. The fraction of sp³-hybridized carbons (Fsp3) is 0.440. The lowest BCUT2D eigenvalue weighted by Crippen LogP contribution is -2.47. The lowest BCUT2D eigenvalue weighted by atomic mass is 9.87.